The van der Waals surface area contributed by atoms with E-state index < -0.39 is 5.97 Å². The standard InChI is InChI=1S/C16H23NO3/c1-4-17(5-2)16(11-15(18)19)9-8-12-6-7-13(20-3)10-14(12)16/h6-7,10H,4-5,8-9,11H2,1-3H3,(H,18,19). The van der Waals surface area contributed by atoms with Crippen molar-refractivity contribution < 1.29 is 14.6 Å². The molecule has 4 heteroatoms. The molecule has 0 amide bonds. The lowest BCUT2D eigenvalue weighted by Crippen LogP contribution is -2.46. The second kappa shape index (κ2) is 5.83. The largest absolute Gasteiger partial charge is 0.497 e. The summed E-state index contributed by atoms with van der Waals surface area (Å²) in [5.41, 5.74) is 1.99. The molecule has 1 N–H and O–H groups in total. The normalized spacial score (nSPS) is 21.0. The van der Waals surface area contributed by atoms with Crippen molar-refractivity contribution in [3.8, 4) is 5.75 Å². The molecular weight excluding hydrogens is 254 g/mol. The summed E-state index contributed by atoms with van der Waals surface area (Å²) in [6, 6.07) is 6.04. The van der Waals surface area contributed by atoms with Crippen molar-refractivity contribution in [2.45, 2.75) is 38.6 Å². The highest BCUT2D eigenvalue weighted by molar-refractivity contribution is 5.69. The van der Waals surface area contributed by atoms with Crippen LogP contribution in [0.1, 0.15) is 37.8 Å². The maximum Gasteiger partial charge on any atom is 0.305 e. The number of methoxy groups -OCH3 is 1. The first-order valence-electron chi connectivity index (χ1n) is 7.21. The highest BCUT2D eigenvalue weighted by atomic mass is 16.5. The van der Waals surface area contributed by atoms with E-state index in [2.05, 4.69) is 24.8 Å². The monoisotopic (exact) mass is 277 g/mol. The van der Waals surface area contributed by atoms with Crippen LogP contribution in [-0.2, 0) is 16.8 Å². The third-order valence-electron chi connectivity index (χ3n) is 4.44. The maximum absolute atomic E-state index is 11.4. The first-order valence-corrected chi connectivity index (χ1v) is 7.21. The predicted molar refractivity (Wildman–Crippen MR) is 78.2 cm³/mol. The SMILES string of the molecule is CCN(CC)C1(CC(=O)O)CCc2ccc(OC)cc21. The van der Waals surface area contributed by atoms with Crippen LogP contribution in [0.4, 0.5) is 0 Å². The summed E-state index contributed by atoms with van der Waals surface area (Å²) in [6.07, 6.45) is 1.95. The van der Waals surface area contributed by atoms with Crippen LogP contribution in [0.25, 0.3) is 0 Å². The lowest BCUT2D eigenvalue weighted by Gasteiger charge is -2.40. The summed E-state index contributed by atoms with van der Waals surface area (Å²) < 4.78 is 5.32. The highest BCUT2D eigenvalue weighted by Gasteiger charge is 2.44. The minimum atomic E-state index is -0.743. The smallest absolute Gasteiger partial charge is 0.305 e. The van der Waals surface area contributed by atoms with Crippen molar-refractivity contribution in [3.63, 3.8) is 0 Å². The van der Waals surface area contributed by atoms with E-state index >= 15 is 0 Å². The molecule has 0 fully saturated rings. The van der Waals surface area contributed by atoms with Gasteiger partial charge in [0.2, 0.25) is 0 Å². The fourth-order valence-electron chi connectivity index (χ4n) is 3.51. The number of fused-ring (bicyclic) bond motifs is 1. The highest BCUT2D eigenvalue weighted by Crippen LogP contribution is 2.45. The molecular formula is C16H23NO3. The van der Waals surface area contributed by atoms with Gasteiger partial charge in [-0.1, -0.05) is 19.9 Å². The summed E-state index contributed by atoms with van der Waals surface area (Å²) in [4.78, 5) is 13.7. The molecule has 1 unspecified atom stereocenters. The van der Waals surface area contributed by atoms with Gasteiger partial charge in [0, 0.05) is 0 Å². The van der Waals surface area contributed by atoms with Gasteiger partial charge in [-0.05, 0) is 49.2 Å². The van der Waals surface area contributed by atoms with Gasteiger partial charge in [-0.2, -0.15) is 0 Å². The first-order chi connectivity index (χ1) is 9.57. The second-order valence-electron chi connectivity index (χ2n) is 5.30. The van der Waals surface area contributed by atoms with E-state index in [1.54, 1.807) is 7.11 Å². The third-order valence-corrected chi connectivity index (χ3v) is 4.44. The zero-order valence-corrected chi connectivity index (χ0v) is 12.5. The number of aliphatic carboxylic acids is 1. The van der Waals surface area contributed by atoms with Crippen LogP contribution in [0.15, 0.2) is 18.2 Å². The Kier molecular flexibility index (Phi) is 4.33. The van der Waals surface area contributed by atoms with Crippen molar-refractivity contribution in [2.75, 3.05) is 20.2 Å². The minimum Gasteiger partial charge on any atom is -0.497 e. The molecule has 0 spiro atoms. The quantitative estimate of drug-likeness (QED) is 0.868. The second-order valence-corrected chi connectivity index (χ2v) is 5.30. The molecule has 0 heterocycles. The molecule has 2 rings (SSSR count). The summed E-state index contributed by atoms with van der Waals surface area (Å²) in [5, 5.41) is 9.37. The van der Waals surface area contributed by atoms with E-state index in [1.807, 2.05) is 12.1 Å². The number of aryl methyl sites for hydroxylation is 1. The number of carbonyl (C=O) groups is 1. The van der Waals surface area contributed by atoms with Crippen molar-refractivity contribution in [1.82, 2.24) is 4.90 Å². The molecule has 0 saturated heterocycles. The van der Waals surface area contributed by atoms with E-state index in [0.717, 1.165) is 37.2 Å². The first kappa shape index (κ1) is 14.9. The summed E-state index contributed by atoms with van der Waals surface area (Å²) in [5.74, 6) is 0.0557. The molecule has 0 radical (unpaired) electrons. The zero-order valence-electron chi connectivity index (χ0n) is 12.5. The van der Waals surface area contributed by atoms with E-state index in [0.29, 0.717) is 0 Å². The Morgan fingerprint density at radius 2 is 2.10 bits per heavy atom. The van der Waals surface area contributed by atoms with Crippen molar-refractivity contribution in [2.24, 2.45) is 0 Å². The zero-order chi connectivity index (χ0) is 14.8. The fourth-order valence-corrected chi connectivity index (χ4v) is 3.51. The van der Waals surface area contributed by atoms with Gasteiger partial charge in [-0.25, -0.2) is 0 Å². The van der Waals surface area contributed by atoms with Crippen LogP contribution < -0.4 is 4.74 Å². The summed E-state index contributed by atoms with van der Waals surface area (Å²) in [6.45, 7) is 5.87. The van der Waals surface area contributed by atoms with Gasteiger partial charge in [-0.15, -0.1) is 0 Å². The van der Waals surface area contributed by atoms with Gasteiger partial charge in [0.1, 0.15) is 5.75 Å². The number of hydrogen-bond acceptors (Lipinski definition) is 3. The Bertz CT molecular complexity index is 496. The molecule has 1 aliphatic carbocycles. The van der Waals surface area contributed by atoms with Crippen LogP contribution >= 0.6 is 0 Å². The number of hydrogen-bond donors (Lipinski definition) is 1. The van der Waals surface area contributed by atoms with E-state index in [9.17, 15) is 9.90 Å². The topological polar surface area (TPSA) is 49.8 Å². The van der Waals surface area contributed by atoms with E-state index in [4.69, 9.17) is 4.74 Å². The molecule has 1 atom stereocenters. The van der Waals surface area contributed by atoms with Crippen LogP contribution in [0.5, 0.6) is 5.75 Å². The van der Waals surface area contributed by atoms with Gasteiger partial charge in [-0.3, -0.25) is 9.69 Å². The van der Waals surface area contributed by atoms with Crippen molar-refractivity contribution in [1.29, 1.82) is 0 Å². The Morgan fingerprint density at radius 3 is 2.65 bits per heavy atom. The Labute approximate surface area is 120 Å². The molecule has 110 valence electrons. The lowest BCUT2D eigenvalue weighted by atomic mass is 9.86. The molecule has 1 aliphatic rings. The van der Waals surface area contributed by atoms with Crippen molar-refractivity contribution >= 4 is 5.97 Å². The molecule has 1 aromatic rings. The number of ether oxygens (including phenoxy) is 1. The van der Waals surface area contributed by atoms with Gasteiger partial charge >= 0.3 is 5.97 Å². The minimum absolute atomic E-state index is 0.148. The van der Waals surface area contributed by atoms with Gasteiger partial charge in [0.05, 0.1) is 19.1 Å². The Balaban J connectivity index is 2.53. The molecule has 0 aromatic heterocycles. The van der Waals surface area contributed by atoms with E-state index in [-0.39, 0.29) is 12.0 Å². The maximum atomic E-state index is 11.4. The molecule has 1 aromatic carbocycles. The van der Waals surface area contributed by atoms with Crippen LogP contribution in [-0.4, -0.2) is 36.2 Å². The Morgan fingerprint density at radius 1 is 1.40 bits per heavy atom. The number of benzene rings is 1. The number of nitrogens with zero attached hydrogens (tertiary/aromatic N) is 1. The predicted octanol–water partition coefficient (Wildman–Crippen LogP) is 2.65. The number of carboxylic acids is 1. The van der Waals surface area contributed by atoms with Gasteiger partial charge < -0.3 is 9.84 Å². The number of rotatable bonds is 6. The third kappa shape index (κ3) is 2.40. The fraction of sp³-hybridized carbons (Fsp3) is 0.562. The molecule has 0 bridgehead atoms. The Hall–Kier alpha value is -1.55. The van der Waals surface area contributed by atoms with Gasteiger partial charge in [0.15, 0.2) is 0 Å². The van der Waals surface area contributed by atoms with Crippen molar-refractivity contribution in [3.05, 3.63) is 29.3 Å². The molecule has 0 aliphatic heterocycles. The summed E-state index contributed by atoms with van der Waals surface area (Å²) in [7, 11) is 1.65. The van der Waals surface area contributed by atoms with Crippen LogP contribution in [0.2, 0.25) is 0 Å². The molecule has 0 saturated carbocycles. The summed E-state index contributed by atoms with van der Waals surface area (Å²) >= 11 is 0. The van der Waals surface area contributed by atoms with E-state index in [1.165, 1.54) is 5.56 Å². The lowest BCUT2D eigenvalue weighted by molar-refractivity contribution is -0.140. The van der Waals surface area contributed by atoms with Crippen LogP contribution in [0.3, 0.4) is 0 Å². The van der Waals surface area contributed by atoms with Crippen LogP contribution in [0, 0.1) is 0 Å². The molecule has 20 heavy (non-hydrogen) atoms. The van der Waals surface area contributed by atoms with Gasteiger partial charge in [0.25, 0.3) is 0 Å². The average Bonchev–Trinajstić information content (AvgIpc) is 2.78. The molecule has 4 nitrogen and oxygen atoms in total. The average molecular weight is 277 g/mol. The number of carboxylic acid groups (broad SMARTS) is 1.